The summed E-state index contributed by atoms with van der Waals surface area (Å²) in [6, 6.07) is 8.50. The molecule has 1 fully saturated rings. The number of carbonyl (C=O) groups excluding carboxylic acids is 1. The first kappa shape index (κ1) is 15.6. The van der Waals surface area contributed by atoms with Crippen molar-refractivity contribution in [3.8, 4) is 5.75 Å². The van der Waals surface area contributed by atoms with Crippen molar-refractivity contribution >= 4 is 6.03 Å². The fraction of sp³-hybridized carbons (Fsp3) is 0.562. The van der Waals surface area contributed by atoms with Gasteiger partial charge in [-0.15, -0.1) is 0 Å². The van der Waals surface area contributed by atoms with Gasteiger partial charge in [0.05, 0.1) is 12.6 Å². The lowest BCUT2D eigenvalue weighted by Crippen LogP contribution is -2.41. The van der Waals surface area contributed by atoms with Crippen molar-refractivity contribution < 1.29 is 9.53 Å². The summed E-state index contributed by atoms with van der Waals surface area (Å²) in [5.41, 5.74) is 1.16. The van der Waals surface area contributed by atoms with Crippen LogP contribution in [0.4, 0.5) is 4.79 Å². The summed E-state index contributed by atoms with van der Waals surface area (Å²) in [7, 11) is 4.03. The molecule has 0 spiro atoms. The average Bonchev–Trinajstić information content (AvgIpc) is 3.24. The van der Waals surface area contributed by atoms with Gasteiger partial charge in [0, 0.05) is 12.6 Å². The first-order valence-corrected chi connectivity index (χ1v) is 7.53. The van der Waals surface area contributed by atoms with E-state index in [0.29, 0.717) is 19.2 Å². The number of hydrogen-bond acceptors (Lipinski definition) is 3. The number of rotatable bonds is 7. The van der Waals surface area contributed by atoms with E-state index < -0.39 is 0 Å². The van der Waals surface area contributed by atoms with Crippen molar-refractivity contribution in [3.63, 3.8) is 0 Å². The molecule has 0 aromatic heterocycles. The van der Waals surface area contributed by atoms with Crippen LogP contribution in [0.5, 0.6) is 5.75 Å². The molecule has 1 aromatic rings. The predicted octanol–water partition coefficient (Wildman–Crippen LogP) is 2.15. The number of urea groups is 1. The first-order chi connectivity index (χ1) is 10.1. The average molecular weight is 291 g/mol. The highest BCUT2D eigenvalue weighted by molar-refractivity contribution is 5.74. The Morgan fingerprint density at radius 3 is 2.52 bits per heavy atom. The molecule has 1 aromatic carbocycles. The van der Waals surface area contributed by atoms with Gasteiger partial charge >= 0.3 is 6.03 Å². The summed E-state index contributed by atoms with van der Waals surface area (Å²) in [6.07, 6.45) is 2.20. The molecule has 5 heteroatoms. The van der Waals surface area contributed by atoms with Crippen LogP contribution in [0, 0.1) is 0 Å². The highest BCUT2D eigenvalue weighted by Gasteiger charge is 2.23. The molecule has 0 bridgehead atoms. The van der Waals surface area contributed by atoms with E-state index in [1.807, 2.05) is 33.2 Å². The molecule has 1 aliphatic carbocycles. The maximum absolute atomic E-state index is 11.7. The quantitative estimate of drug-likeness (QED) is 0.809. The molecule has 0 saturated heterocycles. The molecule has 1 atom stereocenters. The van der Waals surface area contributed by atoms with Crippen LogP contribution in [0.1, 0.15) is 31.4 Å². The maximum Gasteiger partial charge on any atom is 0.315 e. The van der Waals surface area contributed by atoms with E-state index in [0.717, 1.165) is 24.2 Å². The number of carbonyl (C=O) groups is 1. The van der Waals surface area contributed by atoms with Gasteiger partial charge in [-0.2, -0.15) is 0 Å². The summed E-state index contributed by atoms with van der Waals surface area (Å²) in [6.45, 7) is 3.22. The van der Waals surface area contributed by atoms with E-state index in [1.165, 1.54) is 0 Å². The molecule has 1 aliphatic rings. The molecule has 116 valence electrons. The standard InChI is InChI=1S/C16H25N3O2/c1-4-21-14-9-5-12(6-10-14)15(19(2)3)11-17-16(20)18-13-7-8-13/h5-6,9-10,13,15H,4,7-8,11H2,1-3H3,(H2,17,18,20). The Morgan fingerprint density at radius 1 is 1.33 bits per heavy atom. The highest BCUT2D eigenvalue weighted by atomic mass is 16.5. The van der Waals surface area contributed by atoms with E-state index in [9.17, 15) is 4.79 Å². The number of nitrogens with zero attached hydrogens (tertiary/aromatic N) is 1. The predicted molar refractivity (Wildman–Crippen MR) is 83.6 cm³/mol. The maximum atomic E-state index is 11.7. The molecule has 0 heterocycles. The Kier molecular flexibility index (Phi) is 5.44. The molecule has 5 nitrogen and oxygen atoms in total. The summed E-state index contributed by atoms with van der Waals surface area (Å²) < 4.78 is 5.46. The fourth-order valence-corrected chi connectivity index (χ4v) is 2.20. The van der Waals surface area contributed by atoms with Gasteiger partial charge in [-0.25, -0.2) is 4.79 Å². The minimum Gasteiger partial charge on any atom is -0.494 e. The van der Waals surface area contributed by atoms with Crippen molar-refractivity contribution in [2.75, 3.05) is 27.2 Å². The van der Waals surface area contributed by atoms with Crippen molar-refractivity contribution in [1.29, 1.82) is 0 Å². The van der Waals surface area contributed by atoms with Crippen LogP contribution < -0.4 is 15.4 Å². The zero-order valence-electron chi connectivity index (χ0n) is 13.1. The summed E-state index contributed by atoms with van der Waals surface area (Å²) in [4.78, 5) is 13.8. The fourth-order valence-electron chi connectivity index (χ4n) is 2.20. The van der Waals surface area contributed by atoms with Crippen molar-refractivity contribution in [1.82, 2.24) is 15.5 Å². The van der Waals surface area contributed by atoms with Crippen LogP contribution in [0.15, 0.2) is 24.3 Å². The van der Waals surface area contributed by atoms with Gasteiger partial charge in [0.15, 0.2) is 0 Å². The van der Waals surface area contributed by atoms with Gasteiger partial charge in [0.1, 0.15) is 5.75 Å². The van der Waals surface area contributed by atoms with Gasteiger partial charge in [-0.1, -0.05) is 12.1 Å². The zero-order valence-corrected chi connectivity index (χ0v) is 13.1. The second kappa shape index (κ2) is 7.31. The molecule has 2 amide bonds. The summed E-state index contributed by atoms with van der Waals surface area (Å²) >= 11 is 0. The summed E-state index contributed by atoms with van der Waals surface area (Å²) in [5, 5.41) is 5.89. The number of nitrogens with one attached hydrogen (secondary N) is 2. The number of benzene rings is 1. The molecule has 2 rings (SSSR count). The summed E-state index contributed by atoms with van der Waals surface area (Å²) in [5.74, 6) is 0.873. The van der Waals surface area contributed by atoms with Crippen LogP contribution in [0.3, 0.4) is 0 Å². The third-order valence-corrected chi connectivity index (χ3v) is 3.57. The van der Waals surface area contributed by atoms with E-state index in [4.69, 9.17) is 4.74 Å². The van der Waals surface area contributed by atoms with Gasteiger partial charge < -0.3 is 20.3 Å². The minimum absolute atomic E-state index is 0.0738. The highest BCUT2D eigenvalue weighted by Crippen LogP contribution is 2.21. The van der Waals surface area contributed by atoms with Crippen LogP contribution in [-0.4, -0.2) is 44.2 Å². The minimum atomic E-state index is -0.0738. The zero-order chi connectivity index (χ0) is 15.2. The number of amides is 2. The Balaban J connectivity index is 1.92. The van der Waals surface area contributed by atoms with Crippen LogP contribution in [0.25, 0.3) is 0 Å². The number of likely N-dealkylation sites (N-methyl/N-ethyl adjacent to an activating group) is 1. The number of ether oxygens (including phenoxy) is 1. The largest absolute Gasteiger partial charge is 0.494 e. The van der Waals surface area contributed by atoms with Crippen LogP contribution in [0.2, 0.25) is 0 Å². The van der Waals surface area contributed by atoms with Gasteiger partial charge in [0.25, 0.3) is 0 Å². The Labute approximate surface area is 126 Å². The van der Waals surface area contributed by atoms with Crippen molar-refractivity contribution in [2.45, 2.75) is 31.8 Å². The second-order valence-electron chi connectivity index (χ2n) is 5.61. The van der Waals surface area contributed by atoms with E-state index in [1.54, 1.807) is 0 Å². The lowest BCUT2D eigenvalue weighted by Gasteiger charge is -2.25. The molecular formula is C16H25N3O2. The van der Waals surface area contributed by atoms with Crippen LogP contribution in [-0.2, 0) is 0 Å². The normalized spacial score (nSPS) is 15.6. The monoisotopic (exact) mass is 291 g/mol. The molecule has 21 heavy (non-hydrogen) atoms. The van der Waals surface area contributed by atoms with Crippen molar-refractivity contribution in [3.05, 3.63) is 29.8 Å². The van der Waals surface area contributed by atoms with Crippen molar-refractivity contribution in [2.24, 2.45) is 0 Å². The van der Waals surface area contributed by atoms with Gasteiger partial charge in [0.2, 0.25) is 0 Å². The Hall–Kier alpha value is -1.75. The van der Waals surface area contributed by atoms with E-state index in [2.05, 4.69) is 27.7 Å². The number of hydrogen-bond donors (Lipinski definition) is 2. The SMILES string of the molecule is CCOc1ccc(C(CNC(=O)NC2CC2)N(C)C)cc1. The van der Waals surface area contributed by atoms with Crippen LogP contribution >= 0.6 is 0 Å². The van der Waals surface area contributed by atoms with Gasteiger partial charge in [-0.3, -0.25) is 0 Å². The molecule has 1 saturated carbocycles. The third-order valence-electron chi connectivity index (χ3n) is 3.57. The molecule has 2 N–H and O–H groups in total. The smallest absolute Gasteiger partial charge is 0.315 e. The first-order valence-electron chi connectivity index (χ1n) is 7.53. The lowest BCUT2D eigenvalue weighted by atomic mass is 10.1. The topological polar surface area (TPSA) is 53.6 Å². The van der Waals surface area contributed by atoms with E-state index in [-0.39, 0.29) is 12.1 Å². The third kappa shape index (κ3) is 4.93. The lowest BCUT2D eigenvalue weighted by molar-refractivity contribution is 0.232. The molecule has 1 unspecified atom stereocenters. The molecule has 0 aliphatic heterocycles. The molecule has 0 radical (unpaired) electrons. The van der Waals surface area contributed by atoms with E-state index >= 15 is 0 Å². The second-order valence-corrected chi connectivity index (χ2v) is 5.61. The Morgan fingerprint density at radius 2 is 2.00 bits per heavy atom. The Bertz CT molecular complexity index is 455. The molecular weight excluding hydrogens is 266 g/mol. The van der Waals surface area contributed by atoms with Gasteiger partial charge in [-0.05, 0) is 51.6 Å².